The maximum absolute atomic E-state index is 8.44. The number of hydrogen-bond acceptors (Lipinski definition) is 6. The minimum Gasteiger partial charge on any atom is -0.784 e. The van der Waals surface area contributed by atoms with Gasteiger partial charge in [0.15, 0.2) is 0 Å². The fourth-order valence-corrected chi connectivity index (χ4v) is 0. The summed E-state index contributed by atoms with van der Waals surface area (Å²) in [5.41, 5.74) is 0. The second-order valence-electron chi connectivity index (χ2n) is 0.393. The molecule has 0 aromatic rings. The van der Waals surface area contributed by atoms with Crippen LogP contribution in [0.3, 0.4) is 0 Å². The summed E-state index contributed by atoms with van der Waals surface area (Å²) in [6, 6.07) is 0. The van der Waals surface area contributed by atoms with E-state index in [4.69, 9.17) is 27.3 Å². The van der Waals surface area contributed by atoms with Crippen molar-refractivity contribution in [1.29, 1.82) is 0 Å². The Morgan fingerprint density at radius 3 is 1.12 bits per heavy atom. The smallest absolute Gasteiger partial charge is 0.0695 e. The fraction of sp³-hybridized carbons (Fsp3) is 0. The molecule has 0 N–H and O–H groups in total. The normalized spacial score (nSPS) is 8.88. The molecule has 0 amide bonds. The molecule has 0 aromatic carbocycles. The molecule has 0 aliphatic rings. The lowest BCUT2D eigenvalue weighted by molar-refractivity contribution is -1.73. The monoisotopic (exact) mass is 163 g/mol. The molecular formula is ClO6S-3. The average Bonchev–Trinajstić information content (AvgIpc) is 1.25. The minimum atomic E-state index is -3.11. The first-order valence-corrected chi connectivity index (χ1v) is 2.89. The van der Waals surface area contributed by atoms with E-state index in [9.17, 15) is 0 Å². The maximum Gasteiger partial charge on any atom is 0.0695 e. The van der Waals surface area contributed by atoms with E-state index in [0.29, 0.717) is 0 Å². The van der Waals surface area contributed by atoms with E-state index in [1.807, 2.05) is 0 Å². The lowest BCUT2D eigenvalue weighted by Gasteiger charge is -2.03. The molecule has 0 bridgehead atoms. The van der Waals surface area contributed by atoms with Crippen LogP contribution in [0.1, 0.15) is 0 Å². The molecule has 0 spiro atoms. The first kappa shape index (κ1) is 11.1. The molecule has 0 saturated carbocycles. The quantitative estimate of drug-likeness (QED) is 0.330. The maximum atomic E-state index is 8.44. The summed E-state index contributed by atoms with van der Waals surface area (Å²) >= 11 is -3.11. The molecule has 0 atom stereocenters. The summed E-state index contributed by atoms with van der Waals surface area (Å²) in [6.45, 7) is 0. The van der Waals surface area contributed by atoms with Gasteiger partial charge >= 0.3 is 0 Å². The van der Waals surface area contributed by atoms with Gasteiger partial charge in [-0.15, -0.1) is 11.4 Å². The predicted octanol–water partition coefficient (Wildman–Crippen LogP) is -4.57. The van der Waals surface area contributed by atoms with Gasteiger partial charge < -0.3 is 23.1 Å². The van der Waals surface area contributed by atoms with Crippen molar-refractivity contribution in [3.63, 3.8) is 0 Å². The second-order valence-corrected chi connectivity index (χ2v) is 1.18. The van der Waals surface area contributed by atoms with Crippen molar-refractivity contribution in [2.24, 2.45) is 0 Å². The third-order valence-corrected chi connectivity index (χ3v) is 0. The molecule has 0 fully saturated rings. The first-order chi connectivity index (χ1) is 3.46. The second kappa shape index (κ2) is 7.24. The van der Waals surface area contributed by atoms with E-state index in [2.05, 4.69) is 0 Å². The Balaban J connectivity index is 0. The Hall–Kier alpha value is 0.240. The molecule has 6 nitrogen and oxygen atoms in total. The van der Waals surface area contributed by atoms with Gasteiger partial charge in [-0.3, -0.25) is 4.21 Å². The molecule has 0 unspecified atom stereocenters. The van der Waals surface area contributed by atoms with Crippen LogP contribution in [0.25, 0.3) is 0 Å². The van der Waals surface area contributed by atoms with Crippen molar-refractivity contribution < 1.29 is 38.1 Å². The molecule has 0 aliphatic carbocycles. The summed E-state index contributed by atoms with van der Waals surface area (Å²) in [7, 11) is -2.85. The van der Waals surface area contributed by atoms with Crippen LogP contribution in [0.4, 0.5) is 0 Å². The van der Waals surface area contributed by atoms with E-state index in [1.165, 1.54) is 0 Å². The van der Waals surface area contributed by atoms with E-state index in [1.54, 1.807) is 0 Å². The van der Waals surface area contributed by atoms with Gasteiger partial charge in [-0.25, -0.2) is 0 Å². The number of halogens is 1. The van der Waals surface area contributed by atoms with E-state index in [-0.39, 0.29) is 0 Å². The Morgan fingerprint density at radius 1 is 1.12 bits per heavy atom. The van der Waals surface area contributed by atoms with Crippen LogP contribution in [-0.2, 0) is 11.4 Å². The molecule has 0 aromatic heterocycles. The lowest BCUT2D eigenvalue weighted by Crippen LogP contribution is -2.42. The highest BCUT2D eigenvalue weighted by atomic mass is 35.6. The van der Waals surface area contributed by atoms with Crippen LogP contribution in [0.15, 0.2) is 0 Å². The van der Waals surface area contributed by atoms with Gasteiger partial charge in [-0.2, -0.15) is 0 Å². The zero-order valence-corrected chi connectivity index (χ0v) is 4.81. The number of rotatable bonds is 0. The van der Waals surface area contributed by atoms with Crippen LogP contribution in [0.2, 0.25) is 0 Å². The molecule has 0 aliphatic heterocycles. The molecule has 8 heavy (non-hydrogen) atoms. The molecule has 0 heterocycles. The van der Waals surface area contributed by atoms with Crippen molar-refractivity contribution in [3.05, 3.63) is 0 Å². The highest BCUT2D eigenvalue weighted by Crippen LogP contribution is 1.42. The van der Waals surface area contributed by atoms with Crippen molar-refractivity contribution in [3.8, 4) is 0 Å². The highest BCUT2D eigenvalue weighted by Gasteiger charge is 1.60. The van der Waals surface area contributed by atoms with Gasteiger partial charge in [0.2, 0.25) is 0 Å². The Bertz CT molecular complexity index is 52.8. The van der Waals surface area contributed by atoms with Crippen LogP contribution in [0.5, 0.6) is 0 Å². The van der Waals surface area contributed by atoms with Gasteiger partial charge in [0.05, 0.1) is 10.8 Å². The lowest BCUT2D eigenvalue weighted by atomic mass is 15.8. The van der Waals surface area contributed by atoms with Crippen molar-refractivity contribution in [1.82, 2.24) is 0 Å². The Labute approximate surface area is 50.3 Å². The molecule has 0 rings (SSSR count). The summed E-state index contributed by atoms with van der Waals surface area (Å²) in [5, 5.41) is 0. The van der Waals surface area contributed by atoms with Crippen LogP contribution in [-0.4, -0.2) is 13.3 Å². The molecule has 0 saturated heterocycles. The average molecular weight is 164 g/mol. The number of hydrogen-bond donors (Lipinski definition) is 0. The zero-order chi connectivity index (χ0) is 7.15. The van der Waals surface area contributed by atoms with Gasteiger partial charge in [-0.05, 0) is 0 Å². The van der Waals surface area contributed by atoms with Gasteiger partial charge in [-0.1, -0.05) is 0 Å². The Kier molecular flexibility index (Phi) is 10.0. The van der Waals surface area contributed by atoms with Crippen LogP contribution in [0, 0.1) is 10.8 Å². The van der Waals surface area contributed by atoms with Crippen molar-refractivity contribution in [2.75, 3.05) is 0 Å². The van der Waals surface area contributed by atoms with Crippen LogP contribution >= 0.6 is 0 Å². The fourth-order valence-electron chi connectivity index (χ4n) is 0. The van der Waals surface area contributed by atoms with Crippen LogP contribution < -0.4 is 14.0 Å². The molecule has 52 valence electrons. The first-order valence-electron chi connectivity index (χ1n) is 0.963. The molecule has 8 heteroatoms. The summed E-state index contributed by atoms with van der Waals surface area (Å²) < 4.78 is 50.6. The molecular weight excluding hydrogens is 164 g/mol. The molecule has 0 radical (unpaired) electrons. The summed E-state index contributed by atoms with van der Waals surface area (Å²) in [4.78, 5) is 0. The van der Waals surface area contributed by atoms with Gasteiger partial charge in [0.25, 0.3) is 0 Å². The minimum absolute atomic E-state index is 2.85. The Morgan fingerprint density at radius 2 is 1.12 bits per heavy atom. The van der Waals surface area contributed by atoms with Gasteiger partial charge in [0.1, 0.15) is 0 Å². The largest absolute Gasteiger partial charge is 0.784 e. The highest BCUT2D eigenvalue weighted by molar-refractivity contribution is 7.72. The summed E-state index contributed by atoms with van der Waals surface area (Å²) in [6.07, 6.45) is 0. The van der Waals surface area contributed by atoms with Crippen molar-refractivity contribution in [2.45, 2.75) is 0 Å². The third kappa shape index (κ3) is 2970. The topological polar surface area (TPSA) is 132 Å². The third-order valence-electron chi connectivity index (χ3n) is 0. The van der Waals surface area contributed by atoms with Gasteiger partial charge in [0, 0.05) is 0 Å². The standard InChI is InChI=1S/ClO3.H2O3S/c2-1(3)4;1-4(2)3/h;(H2,1,2,3)/q-1;/p-2. The zero-order valence-electron chi connectivity index (χ0n) is 3.24. The SMILES string of the molecule is O=S([O-])[O-].[O-][Cl+2]([O-])[O-]. The van der Waals surface area contributed by atoms with E-state index < -0.39 is 22.1 Å². The van der Waals surface area contributed by atoms with E-state index >= 15 is 0 Å². The summed E-state index contributed by atoms with van der Waals surface area (Å²) in [5.74, 6) is 0. The van der Waals surface area contributed by atoms with Crippen molar-refractivity contribution >= 4 is 11.4 Å². The van der Waals surface area contributed by atoms with E-state index in [0.717, 1.165) is 0 Å². The predicted molar refractivity (Wildman–Crippen MR) is 9.70 cm³/mol.